The second-order valence-electron chi connectivity index (χ2n) is 10.7. The summed E-state index contributed by atoms with van der Waals surface area (Å²) >= 11 is 1.54. The fourth-order valence-electron chi connectivity index (χ4n) is 5.88. The van der Waals surface area contributed by atoms with Gasteiger partial charge in [-0.15, -0.1) is 11.3 Å². The molecule has 9 nitrogen and oxygen atoms in total. The lowest BCUT2D eigenvalue weighted by atomic mass is 9.97. The van der Waals surface area contributed by atoms with E-state index in [9.17, 15) is 4.79 Å². The Balaban J connectivity index is 1.27. The van der Waals surface area contributed by atoms with E-state index in [2.05, 4.69) is 56.8 Å². The molecule has 2 unspecified atom stereocenters. The third kappa shape index (κ3) is 4.93. The molecular formula is C31H31N7O2S. The van der Waals surface area contributed by atoms with E-state index in [0.717, 1.165) is 53.3 Å². The van der Waals surface area contributed by atoms with Crippen LogP contribution in [0.1, 0.15) is 22.9 Å². The average molecular weight is 566 g/mol. The normalized spacial score (nSPS) is 18.4. The molecule has 5 aromatic rings. The number of anilines is 3. The zero-order valence-corrected chi connectivity index (χ0v) is 23.8. The van der Waals surface area contributed by atoms with E-state index in [-0.39, 0.29) is 17.7 Å². The van der Waals surface area contributed by atoms with Crippen LogP contribution in [0.2, 0.25) is 0 Å². The number of fused-ring (bicyclic) bond motifs is 2. The molecule has 2 atom stereocenters. The quantitative estimate of drug-likeness (QED) is 0.299. The summed E-state index contributed by atoms with van der Waals surface area (Å²) in [6.45, 7) is 4.55. The number of thiazole rings is 1. The minimum atomic E-state index is -0.104. The fraction of sp³-hybridized carbons (Fsp3) is 0.290. The molecule has 3 aromatic heterocycles. The van der Waals surface area contributed by atoms with Gasteiger partial charge >= 0.3 is 0 Å². The van der Waals surface area contributed by atoms with Gasteiger partial charge in [-0.25, -0.2) is 9.97 Å². The van der Waals surface area contributed by atoms with Crippen molar-refractivity contribution < 1.29 is 4.74 Å². The lowest BCUT2D eigenvalue weighted by molar-refractivity contribution is 0.223. The molecule has 0 bridgehead atoms. The number of nitrogens with one attached hydrogen (secondary N) is 2. The van der Waals surface area contributed by atoms with Crippen LogP contribution in [0.3, 0.4) is 0 Å². The van der Waals surface area contributed by atoms with Crippen LogP contribution >= 0.6 is 11.3 Å². The molecule has 1 fully saturated rings. The molecule has 7 rings (SSSR count). The van der Waals surface area contributed by atoms with Crippen molar-refractivity contribution in [3.63, 3.8) is 0 Å². The maximum atomic E-state index is 14.2. The van der Waals surface area contributed by atoms with Gasteiger partial charge in [0, 0.05) is 48.0 Å². The van der Waals surface area contributed by atoms with Gasteiger partial charge in [0.05, 0.1) is 22.8 Å². The highest BCUT2D eigenvalue weighted by Gasteiger charge is 2.28. The molecule has 0 spiro atoms. The number of nitrogens with zero attached hydrogens (tertiary/aromatic N) is 5. The van der Waals surface area contributed by atoms with Crippen molar-refractivity contribution in [1.82, 2.24) is 24.8 Å². The summed E-state index contributed by atoms with van der Waals surface area (Å²) in [6, 6.07) is 18.0. The third-order valence-electron chi connectivity index (χ3n) is 7.91. The molecule has 10 heteroatoms. The monoisotopic (exact) mass is 565 g/mol. The standard InChI is InChI=1S/C31H31N7O2S/c1-19-28(34-18-41-19)26-14-21-15-33-31(35-22-7-9-24(10-8-22)40-25-11-12-32-16-25)36-29(21)38(30(26)39)23-13-20-5-3-4-6-27(20)37(2)17-23/h3-10,14-15,18,23,25,32H,11-13,16-17H2,1-2H3,(H,33,35,36). The molecule has 1 saturated heterocycles. The second-order valence-corrected chi connectivity index (χ2v) is 11.8. The lowest BCUT2D eigenvalue weighted by Crippen LogP contribution is -2.39. The molecule has 208 valence electrons. The Hall–Kier alpha value is -4.28. The summed E-state index contributed by atoms with van der Waals surface area (Å²) in [5, 5.41) is 7.44. The maximum absolute atomic E-state index is 14.2. The van der Waals surface area contributed by atoms with Gasteiger partial charge in [-0.2, -0.15) is 4.98 Å². The van der Waals surface area contributed by atoms with Gasteiger partial charge in [-0.1, -0.05) is 18.2 Å². The molecular weight excluding hydrogens is 534 g/mol. The predicted octanol–water partition coefficient (Wildman–Crippen LogP) is 4.94. The number of pyridine rings is 1. The van der Waals surface area contributed by atoms with E-state index in [1.165, 1.54) is 22.6 Å². The van der Waals surface area contributed by atoms with Gasteiger partial charge in [0.1, 0.15) is 17.5 Å². The van der Waals surface area contributed by atoms with E-state index >= 15 is 0 Å². The minimum Gasteiger partial charge on any atom is -0.489 e. The van der Waals surface area contributed by atoms with Crippen molar-refractivity contribution in [1.29, 1.82) is 0 Å². The Morgan fingerprint density at radius 3 is 2.76 bits per heavy atom. The number of hydrogen-bond acceptors (Lipinski definition) is 9. The summed E-state index contributed by atoms with van der Waals surface area (Å²) < 4.78 is 7.91. The van der Waals surface area contributed by atoms with Gasteiger partial charge in [0.15, 0.2) is 0 Å². The zero-order valence-electron chi connectivity index (χ0n) is 23.0. The molecule has 0 radical (unpaired) electrons. The van der Waals surface area contributed by atoms with E-state index in [1.54, 1.807) is 11.7 Å². The smallest absolute Gasteiger partial charge is 0.262 e. The number of aryl methyl sites for hydroxylation is 1. The van der Waals surface area contributed by atoms with Crippen LogP contribution in [0, 0.1) is 6.92 Å². The molecule has 0 saturated carbocycles. The lowest BCUT2D eigenvalue weighted by Gasteiger charge is -2.34. The van der Waals surface area contributed by atoms with E-state index in [0.29, 0.717) is 23.7 Å². The number of para-hydroxylation sites is 1. The van der Waals surface area contributed by atoms with E-state index in [1.807, 2.05) is 41.8 Å². The summed E-state index contributed by atoms with van der Waals surface area (Å²) in [7, 11) is 2.07. The number of rotatable bonds is 6. The molecule has 2 N–H and O–H groups in total. The van der Waals surface area contributed by atoms with Crippen LogP contribution in [0.4, 0.5) is 17.3 Å². The maximum Gasteiger partial charge on any atom is 0.262 e. The Morgan fingerprint density at radius 1 is 1.12 bits per heavy atom. The van der Waals surface area contributed by atoms with Crippen LogP contribution in [-0.4, -0.2) is 52.3 Å². The number of hydrogen-bond donors (Lipinski definition) is 2. The first-order valence-corrected chi connectivity index (χ1v) is 14.8. The summed E-state index contributed by atoms with van der Waals surface area (Å²) in [6.07, 6.45) is 3.74. The SMILES string of the molecule is Cc1scnc1-c1cc2cnc(Nc3ccc(OC4CCNC4)cc3)nc2n(C2Cc3ccccc3N(C)C2)c1=O. The second kappa shape index (κ2) is 10.6. The highest BCUT2D eigenvalue weighted by atomic mass is 32.1. The van der Waals surface area contributed by atoms with Crippen molar-refractivity contribution in [2.24, 2.45) is 0 Å². The van der Waals surface area contributed by atoms with E-state index in [4.69, 9.17) is 9.72 Å². The Kier molecular flexibility index (Phi) is 6.64. The van der Waals surface area contributed by atoms with Crippen molar-refractivity contribution in [3.8, 4) is 17.0 Å². The van der Waals surface area contributed by atoms with Gasteiger partial charge < -0.3 is 20.3 Å². The number of aromatic nitrogens is 4. The van der Waals surface area contributed by atoms with Gasteiger partial charge in [-0.3, -0.25) is 9.36 Å². The van der Waals surface area contributed by atoms with Crippen molar-refractivity contribution in [3.05, 3.63) is 87.1 Å². The summed E-state index contributed by atoms with van der Waals surface area (Å²) in [4.78, 5) is 31.5. The van der Waals surface area contributed by atoms with Gasteiger partial charge in [0.2, 0.25) is 5.95 Å². The van der Waals surface area contributed by atoms with Gasteiger partial charge in [0.25, 0.3) is 5.56 Å². The van der Waals surface area contributed by atoms with Crippen LogP contribution in [-0.2, 0) is 6.42 Å². The zero-order chi connectivity index (χ0) is 27.9. The number of ether oxygens (including phenoxy) is 1. The van der Waals surface area contributed by atoms with Crippen LogP contribution in [0.15, 0.2) is 71.1 Å². The summed E-state index contributed by atoms with van der Waals surface area (Å²) in [5.41, 5.74) is 6.86. The molecule has 2 aliphatic rings. The fourth-order valence-corrected chi connectivity index (χ4v) is 6.47. The first-order valence-electron chi connectivity index (χ1n) is 13.9. The molecule has 0 aliphatic carbocycles. The van der Waals surface area contributed by atoms with Crippen LogP contribution in [0.5, 0.6) is 5.75 Å². The topological polar surface area (TPSA) is 97.2 Å². The molecule has 41 heavy (non-hydrogen) atoms. The number of benzene rings is 2. The minimum absolute atomic E-state index is 0.0863. The van der Waals surface area contributed by atoms with Crippen molar-refractivity contribution in [2.45, 2.75) is 31.9 Å². The molecule has 5 heterocycles. The average Bonchev–Trinajstić information content (AvgIpc) is 3.65. The predicted molar refractivity (Wildman–Crippen MR) is 164 cm³/mol. The largest absolute Gasteiger partial charge is 0.489 e. The molecule has 2 aromatic carbocycles. The Morgan fingerprint density at radius 2 is 1.98 bits per heavy atom. The first-order chi connectivity index (χ1) is 20.0. The first kappa shape index (κ1) is 25.7. The molecule has 2 aliphatic heterocycles. The van der Waals surface area contributed by atoms with Gasteiger partial charge in [-0.05, 0) is 68.3 Å². The Bertz CT molecular complexity index is 1780. The summed E-state index contributed by atoms with van der Waals surface area (Å²) in [5.74, 6) is 1.27. The number of likely N-dealkylation sites (N-methyl/N-ethyl adjacent to an activating group) is 1. The highest BCUT2D eigenvalue weighted by molar-refractivity contribution is 7.10. The van der Waals surface area contributed by atoms with Crippen molar-refractivity contribution in [2.75, 3.05) is 36.9 Å². The third-order valence-corrected chi connectivity index (χ3v) is 8.67. The molecule has 0 amide bonds. The highest BCUT2D eigenvalue weighted by Crippen LogP contribution is 2.33. The van der Waals surface area contributed by atoms with Crippen LogP contribution in [0.25, 0.3) is 22.3 Å². The Labute approximate surface area is 241 Å². The van der Waals surface area contributed by atoms with Crippen molar-refractivity contribution >= 4 is 39.7 Å². The van der Waals surface area contributed by atoms with Crippen LogP contribution < -0.4 is 25.8 Å². The van der Waals surface area contributed by atoms with E-state index < -0.39 is 0 Å².